The maximum Gasteiger partial charge on any atom is 0.261 e. The van der Waals surface area contributed by atoms with Gasteiger partial charge in [0.2, 0.25) is 0 Å². The maximum absolute atomic E-state index is 12.6. The van der Waals surface area contributed by atoms with Gasteiger partial charge < -0.3 is 14.7 Å². The summed E-state index contributed by atoms with van der Waals surface area (Å²) in [7, 11) is 0. The Balaban J connectivity index is 1.49. The molecule has 1 amide bonds. The SMILES string of the molecule is Cc1noc(C)c1-c1ccc(C(=O)N[C@H]2CN3CCC2CC3)s1. The van der Waals surface area contributed by atoms with Crippen LogP contribution in [0.4, 0.5) is 0 Å². The Morgan fingerprint density at radius 2 is 2.13 bits per heavy atom. The number of amides is 1. The fraction of sp³-hybridized carbons (Fsp3) is 0.529. The minimum atomic E-state index is 0.0479. The van der Waals surface area contributed by atoms with Crippen molar-refractivity contribution in [2.24, 2.45) is 5.92 Å². The van der Waals surface area contributed by atoms with Crippen molar-refractivity contribution >= 4 is 17.2 Å². The van der Waals surface area contributed by atoms with Crippen LogP contribution in [0.1, 0.15) is 34.0 Å². The minimum absolute atomic E-state index is 0.0479. The Morgan fingerprint density at radius 3 is 2.74 bits per heavy atom. The van der Waals surface area contributed by atoms with Gasteiger partial charge in [0.1, 0.15) is 5.76 Å². The summed E-state index contributed by atoms with van der Waals surface area (Å²) in [5.74, 6) is 1.49. The molecule has 3 fully saturated rings. The van der Waals surface area contributed by atoms with E-state index in [0.29, 0.717) is 12.0 Å². The number of nitrogens with one attached hydrogen (secondary N) is 1. The summed E-state index contributed by atoms with van der Waals surface area (Å²) in [6, 6.07) is 4.19. The Hall–Kier alpha value is -1.66. The van der Waals surface area contributed by atoms with Gasteiger partial charge in [-0.05, 0) is 57.8 Å². The largest absolute Gasteiger partial charge is 0.361 e. The number of rotatable bonds is 3. The third-order valence-corrected chi connectivity index (χ3v) is 6.18. The third-order valence-electron chi connectivity index (χ3n) is 5.08. The van der Waals surface area contributed by atoms with Gasteiger partial charge >= 0.3 is 0 Å². The van der Waals surface area contributed by atoms with Crippen LogP contribution in [0, 0.1) is 19.8 Å². The molecule has 0 unspecified atom stereocenters. The Morgan fingerprint density at radius 1 is 1.35 bits per heavy atom. The minimum Gasteiger partial charge on any atom is -0.361 e. The highest BCUT2D eigenvalue weighted by atomic mass is 32.1. The monoisotopic (exact) mass is 331 g/mol. The van der Waals surface area contributed by atoms with Crippen LogP contribution in [0.25, 0.3) is 10.4 Å². The van der Waals surface area contributed by atoms with Crippen molar-refractivity contribution in [1.82, 2.24) is 15.4 Å². The fourth-order valence-electron chi connectivity index (χ4n) is 3.80. The summed E-state index contributed by atoms with van der Waals surface area (Å²) in [4.78, 5) is 16.8. The van der Waals surface area contributed by atoms with Gasteiger partial charge in [-0.3, -0.25) is 4.79 Å². The molecule has 0 aromatic carbocycles. The van der Waals surface area contributed by atoms with Crippen molar-refractivity contribution in [2.75, 3.05) is 19.6 Å². The molecule has 5 heterocycles. The van der Waals surface area contributed by atoms with E-state index in [-0.39, 0.29) is 5.91 Å². The van der Waals surface area contributed by atoms with Crippen molar-refractivity contribution in [3.05, 3.63) is 28.5 Å². The number of piperidine rings is 3. The lowest BCUT2D eigenvalue weighted by atomic mass is 9.84. The highest BCUT2D eigenvalue weighted by Crippen LogP contribution is 2.33. The highest BCUT2D eigenvalue weighted by Gasteiger charge is 2.35. The molecule has 3 saturated heterocycles. The van der Waals surface area contributed by atoms with Gasteiger partial charge in [0, 0.05) is 17.5 Å². The molecule has 0 radical (unpaired) electrons. The van der Waals surface area contributed by atoms with E-state index in [2.05, 4.69) is 15.4 Å². The molecule has 0 spiro atoms. The van der Waals surface area contributed by atoms with Gasteiger partial charge in [0.25, 0.3) is 5.91 Å². The molecule has 23 heavy (non-hydrogen) atoms. The Kier molecular flexibility index (Phi) is 3.73. The Bertz CT molecular complexity index is 709. The number of carbonyl (C=O) groups is 1. The summed E-state index contributed by atoms with van der Waals surface area (Å²) in [6.45, 7) is 7.21. The van der Waals surface area contributed by atoms with Crippen molar-refractivity contribution in [3.8, 4) is 10.4 Å². The molecule has 2 aromatic heterocycles. The lowest BCUT2D eigenvalue weighted by Crippen LogP contribution is -2.57. The van der Waals surface area contributed by atoms with E-state index in [9.17, 15) is 4.79 Å². The topological polar surface area (TPSA) is 58.4 Å². The zero-order valence-corrected chi connectivity index (χ0v) is 14.3. The van der Waals surface area contributed by atoms with E-state index >= 15 is 0 Å². The molecular weight excluding hydrogens is 310 g/mol. The van der Waals surface area contributed by atoms with Crippen LogP contribution in [-0.2, 0) is 0 Å². The predicted octanol–water partition coefficient (Wildman–Crippen LogP) is 2.84. The summed E-state index contributed by atoms with van der Waals surface area (Å²) < 4.78 is 5.23. The fourth-order valence-corrected chi connectivity index (χ4v) is 4.85. The maximum atomic E-state index is 12.6. The summed E-state index contributed by atoms with van der Waals surface area (Å²) >= 11 is 1.51. The number of hydrogen-bond acceptors (Lipinski definition) is 5. The lowest BCUT2D eigenvalue weighted by molar-refractivity contribution is 0.0622. The molecule has 0 aliphatic carbocycles. The number of carbonyl (C=O) groups excluding carboxylic acids is 1. The van der Waals surface area contributed by atoms with E-state index in [1.807, 2.05) is 26.0 Å². The smallest absolute Gasteiger partial charge is 0.261 e. The number of nitrogens with zero attached hydrogens (tertiary/aromatic N) is 2. The van der Waals surface area contributed by atoms with Gasteiger partial charge in [-0.1, -0.05) is 5.16 Å². The number of hydrogen-bond donors (Lipinski definition) is 1. The first-order valence-corrected chi connectivity index (χ1v) is 9.00. The average Bonchev–Trinajstić information content (AvgIpc) is 3.15. The van der Waals surface area contributed by atoms with Gasteiger partial charge in [0.15, 0.2) is 0 Å². The van der Waals surface area contributed by atoms with Crippen LogP contribution in [0.2, 0.25) is 0 Å². The summed E-state index contributed by atoms with van der Waals surface area (Å²) in [6.07, 6.45) is 2.42. The second kappa shape index (κ2) is 5.76. The number of fused-ring (bicyclic) bond motifs is 3. The second-order valence-corrected chi connectivity index (χ2v) is 7.66. The zero-order valence-electron chi connectivity index (χ0n) is 13.5. The molecule has 2 aromatic rings. The van der Waals surface area contributed by atoms with Crippen LogP contribution in [0.3, 0.4) is 0 Å². The third kappa shape index (κ3) is 2.70. The molecule has 1 atom stereocenters. The molecule has 5 rings (SSSR count). The first kappa shape index (κ1) is 14.9. The molecule has 3 aliphatic heterocycles. The normalized spacial score (nSPS) is 26.4. The number of aromatic nitrogens is 1. The molecular formula is C17H21N3O2S. The second-order valence-electron chi connectivity index (χ2n) is 6.58. The molecule has 122 valence electrons. The molecule has 6 heteroatoms. The average molecular weight is 331 g/mol. The van der Waals surface area contributed by atoms with Crippen LogP contribution in [0.15, 0.2) is 16.7 Å². The van der Waals surface area contributed by atoms with Gasteiger partial charge in [-0.25, -0.2) is 0 Å². The van der Waals surface area contributed by atoms with Crippen LogP contribution in [-0.4, -0.2) is 41.6 Å². The summed E-state index contributed by atoms with van der Waals surface area (Å²) in [5.41, 5.74) is 1.88. The number of aryl methyl sites for hydroxylation is 2. The molecule has 5 nitrogen and oxygen atoms in total. The van der Waals surface area contributed by atoms with Crippen molar-refractivity contribution in [1.29, 1.82) is 0 Å². The quantitative estimate of drug-likeness (QED) is 0.939. The van der Waals surface area contributed by atoms with Gasteiger partial charge in [0.05, 0.1) is 16.1 Å². The van der Waals surface area contributed by atoms with E-state index in [4.69, 9.17) is 4.52 Å². The van der Waals surface area contributed by atoms with Crippen molar-refractivity contribution in [2.45, 2.75) is 32.7 Å². The van der Waals surface area contributed by atoms with Crippen molar-refractivity contribution < 1.29 is 9.32 Å². The first-order valence-electron chi connectivity index (χ1n) is 8.18. The zero-order chi connectivity index (χ0) is 16.0. The number of thiophene rings is 1. The molecule has 3 aliphatic rings. The van der Waals surface area contributed by atoms with Crippen LogP contribution < -0.4 is 5.32 Å². The van der Waals surface area contributed by atoms with E-state index in [1.54, 1.807) is 0 Å². The van der Waals surface area contributed by atoms with E-state index in [0.717, 1.165) is 33.3 Å². The first-order chi connectivity index (χ1) is 11.1. The lowest BCUT2D eigenvalue weighted by Gasteiger charge is -2.44. The van der Waals surface area contributed by atoms with Crippen LogP contribution >= 0.6 is 11.3 Å². The summed E-state index contributed by atoms with van der Waals surface area (Å²) in [5, 5.41) is 7.24. The van der Waals surface area contributed by atoms with Crippen molar-refractivity contribution in [3.63, 3.8) is 0 Å². The standard InChI is InChI=1S/C17H21N3O2S/c1-10-16(11(2)22-19-10)14-3-4-15(23-14)17(21)18-13-9-20-7-5-12(13)6-8-20/h3-4,12-13H,5-9H2,1-2H3,(H,18,21)/t13-/m0/s1. The highest BCUT2D eigenvalue weighted by molar-refractivity contribution is 7.17. The molecule has 2 bridgehead atoms. The van der Waals surface area contributed by atoms with Crippen LogP contribution in [0.5, 0.6) is 0 Å². The van der Waals surface area contributed by atoms with E-state index < -0.39 is 0 Å². The van der Waals surface area contributed by atoms with Gasteiger partial charge in [-0.15, -0.1) is 11.3 Å². The molecule has 1 N–H and O–H groups in total. The Labute approximate surface area is 139 Å². The molecule has 0 saturated carbocycles. The van der Waals surface area contributed by atoms with Gasteiger partial charge in [-0.2, -0.15) is 0 Å². The van der Waals surface area contributed by atoms with E-state index in [1.165, 1.54) is 37.3 Å². The predicted molar refractivity (Wildman–Crippen MR) is 89.7 cm³/mol.